The minimum absolute atomic E-state index is 0.0310. The summed E-state index contributed by atoms with van der Waals surface area (Å²) in [5.41, 5.74) is 8.89. The number of hydrogen-bond acceptors (Lipinski definition) is 5. The standard InChI is InChI=1S/C23H21FN4O2/c24-16-7-5-15(6-8-16)22-19-20(17-3-1-2-4-18(17)29)26-27-21(19)23(30)28(22)13-14-9-11-25-12-10-14/h1-12,19-22,26-27,29H,13H2. The maximum absolute atomic E-state index is 13.6. The van der Waals surface area contributed by atoms with Gasteiger partial charge in [0.25, 0.3) is 0 Å². The molecule has 5 rings (SSSR count). The zero-order valence-corrected chi connectivity index (χ0v) is 16.1. The van der Waals surface area contributed by atoms with Gasteiger partial charge in [-0.15, -0.1) is 0 Å². The molecule has 7 heteroatoms. The Bertz CT molecular complexity index is 1060. The number of hydrogen-bond donors (Lipinski definition) is 3. The first-order valence-corrected chi connectivity index (χ1v) is 9.87. The molecule has 30 heavy (non-hydrogen) atoms. The molecule has 2 saturated heterocycles. The second-order valence-electron chi connectivity index (χ2n) is 7.70. The Hall–Kier alpha value is -3.29. The molecule has 4 atom stereocenters. The van der Waals surface area contributed by atoms with Crippen molar-refractivity contribution in [2.45, 2.75) is 24.7 Å². The Labute approximate surface area is 173 Å². The van der Waals surface area contributed by atoms with Gasteiger partial charge in [0.05, 0.1) is 12.1 Å². The van der Waals surface area contributed by atoms with Crippen LogP contribution in [0.2, 0.25) is 0 Å². The fourth-order valence-corrected chi connectivity index (χ4v) is 4.64. The minimum atomic E-state index is -0.452. The number of carbonyl (C=O) groups excluding carboxylic acids is 1. The van der Waals surface area contributed by atoms with Crippen molar-refractivity contribution in [1.29, 1.82) is 0 Å². The molecule has 0 radical (unpaired) electrons. The Morgan fingerprint density at radius 3 is 2.40 bits per heavy atom. The van der Waals surface area contributed by atoms with Gasteiger partial charge < -0.3 is 10.0 Å². The fraction of sp³-hybridized carbons (Fsp3) is 0.217. The lowest BCUT2D eigenvalue weighted by Gasteiger charge is -2.31. The number of nitrogens with zero attached hydrogens (tertiary/aromatic N) is 2. The largest absolute Gasteiger partial charge is 0.508 e. The van der Waals surface area contributed by atoms with Gasteiger partial charge in [0.15, 0.2) is 0 Å². The Kier molecular flexibility index (Phi) is 4.69. The summed E-state index contributed by atoms with van der Waals surface area (Å²) in [4.78, 5) is 19.3. The number of amides is 1. The molecule has 6 nitrogen and oxygen atoms in total. The summed E-state index contributed by atoms with van der Waals surface area (Å²) in [6, 6.07) is 16.2. The SMILES string of the molecule is O=C1C2NNC(c3ccccc3O)C2C(c2ccc(F)cc2)N1Cc1ccncc1. The minimum Gasteiger partial charge on any atom is -0.508 e. The van der Waals surface area contributed by atoms with Crippen molar-refractivity contribution in [1.82, 2.24) is 20.7 Å². The number of phenolic OH excluding ortho intramolecular Hbond substituents is 1. The molecule has 2 aliphatic heterocycles. The van der Waals surface area contributed by atoms with E-state index in [1.54, 1.807) is 36.7 Å². The molecular formula is C23H21FN4O2. The van der Waals surface area contributed by atoms with Crippen LogP contribution in [-0.4, -0.2) is 26.9 Å². The number of hydrazine groups is 1. The van der Waals surface area contributed by atoms with Crippen LogP contribution in [0.5, 0.6) is 5.75 Å². The van der Waals surface area contributed by atoms with Gasteiger partial charge in [-0.1, -0.05) is 30.3 Å². The zero-order valence-electron chi connectivity index (χ0n) is 16.1. The molecule has 152 valence electrons. The highest BCUT2D eigenvalue weighted by Gasteiger charge is 2.55. The van der Waals surface area contributed by atoms with Gasteiger partial charge >= 0.3 is 0 Å². The lowest BCUT2D eigenvalue weighted by molar-refractivity contribution is -0.131. The summed E-state index contributed by atoms with van der Waals surface area (Å²) in [5, 5.41) is 10.4. The smallest absolute Gasteiger partial charge is 0.242 e. The first kappa shape index (κ1) is 18.7. The van der Waals surface area contributed by atoms with E-state index in [2.05, 4.69) is 15.8 Å². The van der Waals surface area contributed by atoms with Crippen molar-refractivity contribution in [2.24, 2.45) is 5.92 Å². The number of phenols is 1. The number of carbonyl (C=O) groups is 1. The average molecular weight is 404 g/mol. The van der Waals surface area contributed by atoms with Crippen LogP contribution in [-0.2, 0) is 11.3 Å². The number of rotatable bonds is 4. The maximum atomic E-state index is 13.6. The van der Waals surface area contributed by atoms with Crippen molar-refractivity contribution in [3.8, 4) is 5.75 Å². The number of para-hydroxylation sites is 1. The van der Waals surface area contributed by atoms with Gasteiger partial charge in [-0.25, -0.2) is 15.2 Å². The predicted molar refractivity (Wildman–Crippen MR) is 108 cm³/mol. The second kappa shape index (κ2) is 7.51. The highest BCUT2D eigenvalue weighted by atomic mass is 19.1. The van der Waals surface area contributed by atoms with Crippen LogP contribution in [0.3, 0.4) is 0 Å². The number of aromatic hydroxyl groups is 1. The molecule has 0 aliphatic carbocycles. The van der Waals surface area contributed by atoms with Crippen LogP contribution in [0.15, 0.2) is 73.1 Å². The summed E-state index contributed by atoms with van der Waals surface area (Å²) in [6.45, 7) is 0.422. The molecule has 0 bridgehead atoms. The van der Waals surface area contributed by atoms with Gasteiger partial charge in [0.2, 0.25) is 5.91 Å². The first-order valence-electron chi connectivity index (χ1n) is 9.87. The first-order chi connectivity index (χ1) is 14.6. The van der Waals surface area contributed by atoms with E-state index >= 15 is 0 Å². The number of pyridine rings is 1. The highest BCUT2D eigenvalue weighted by Crippen LogP contribution is 2.48. The van der Waals surface area contributed by atoms with E-state index in [4.69, 9.17) is 0 Å². The van der Waals surface area contributed by atoms with E-state index in [1.165, 1.54) is 12.1 Å². The maximum Gasteiger partial charge on any atom is 0.242 e. The number of nitrogens with one attached hydrogen (secondary N) is 2. The molecule has 0 spiro atoms. The molecule has 2 fully saturated rings. The van der Waals surface area contributed by atoms with E-state index in [-0.39, 0.29) is 35.5 Å². The van der Waals surface area contributed by atoms with Crippen LogP contribution < -0.4 is 10.9 Å². The van der Waals surface area contributed by atoms with Crippen LogP contribution in [0.25, 0.3) is 0 Å². The summed E-state index contributed by atoms with van der Waals surface area (Å²) in [7, 11) is 0. The third kappa shape index (κ3) is 3.12. The van der Waals surface area contributed by atoms with E-state index in [0.717, 1.165) is 16.7 Å². The summed E-state index contributed by atoms with van der Waals surface area (Å²) in [5.74, 6) is -0.356. The monoisotopic (exact) mass is 404 g/mol. The van der Waals surface area contributed by atoms with E-state index < -0.39 is 6.04 Å². The Balaban J connectivity index is 1.58. The molecule has 0 saturated carbocycles. The summed E-state index contributed by atoms with van der Waals surface area (Å²) in [6.07, 6.45) is 3.41. The zero-order chi connectivity index (χ0) is 20.7. The predicted octanol–water partition coefficient (Wildman–Crippen LogP) is 2.84. The molecule has 1 amide bonds. The molecule has 2 aromatic carbocycles. The van der Waals surface area contributed by atoms with E-state index in [9.17, 15) is 14.3 Å². The number of halogens is 1. The van der Waals surface area contributed by atoms with E-state index in [1.807, 2.05) is 29.2 Å². The summed E-state index contributed by atoms with van der Waals surface area (Å²) < 4.78 is 13.6. The quantitative estimate of drug-likeness (QED) is 0.623. The van der Waals surface area contributed by atoms with Crippen molar-refractivity contribution in [3.05, 3.63) is 95.6 Å². The Morgan fingerprint density at radius 1 is 0.967 bits per heavy atom. The van der Waals surface area contributed by atoms with Crippen LogP contribution in [0.4, 0.5) is 4.39 Å². The molecule has 2 aliphatic rings. The van der Waals surface area contributed by atoms with Crippen molar-refractivity contribution in [3.63, 3.8) is 0 Å². The van der Waals surface area contributed by atoms with Crippen molar-refractivity contribution in [2.75, 3.05) is 0 Å². The average Bonchev–Trinajstić information content (AvgIpc) is 3.30. The normalized spacial score (nSPS) is 25.5. The third-order valence-electron chi connectivity index (χ3n) is 6.00. The fourth-order valence-electron chi connectivity index (χ4n) is 4.64. The highest BCUT2D eigenvalue weighted by molar-refractivity contribution is 5.86. The van der Waals surface area contributed by atoms with Gasteiger partial charge in [-0.05, 0) is 41.5 Å². The lowest BCUT2D eigenvalue weighted by atomic mass is 9.83. The van der Waals surface area contributed by atoms with Crippen LogP contribution in [0, 0.1) is 11.7 Å². The molecular weight excluding hydrogens is 383 g/mol. The number of aromatic nitrogens is 1. The van der Waals surface area contributed by atoms with Gasteiger partial charge in [0, 0.05) is 30.4 Å². The second-order valence-corrected chi connectivity index (χ2v) is 7.70. The number of likely N-dealkylation sites (tertiary alicyclic amines) is 1. The topological polar surface area (TPSA) is 77.5 Å². The van der Waals surface area contributed by atoms with Gasteiger partial charge in [-0.2, -0.15) is 0 Å². The third-order valence-corrected chi connectivity index (χ3v) is 6.00. The Morgan fingerprint density at radius 2 is 1.67 bits per heavy atom. The van der Waals surface area contributed by atoms with E-state index in [0.29, 0.717) is 6.54 Å². The molecule has 3 heterocycles. The van der Waals surface area contributed by atoms with Gasteiger partial charge in [-0.3, -0.25) is 9.78 Å². The van der Waals surface area contributed by atoms with Crippen molar-refractivity contribution < 1.29 is 14.3 Å². The number of benzene rings is 2. The molecule has 3 N–H and O–H groups in total. The lowest BCUT2D eigenvalue weighted by Crippen LogP contribution is -2.41. The molecule has 3 aromatic rings. The van der Waals surface area contributed by atoms with Crippen LogP contribution in [0.1, 0.15) is 28.8 Å². The molecule has 1 aromatic heterocycles. The number of fused-ring (bicyclic) bond motifs is 1. The van der Waals surface area contributed by atoms with Crippen molar-refractivity contribution >= 4 is 5.91 Å². The molecule has 4 unspecified atom stereocenters. The van der Waals surface area contributed by atoms with Crippen LogP contribution >= 0.6 is 0 Å². The van der Waals surface area contributed by atoms with Gasteiger partial charge in [0.1, 0.15) is 17.6 Å². The summed E-state index contributed by atoms with van der Waals surface area (Å²) >= 11 is 0.